The average molecular weight is 205 g/mol. The Kier molecular flexibility index (Phi) is 2.67. The number of aromatic amines is 1. The molecule has 0 bridgehead atoms. The van der Waals surface area contributed by atoms with E-state index in [1.807, 2.05) is 13.0 Å². The van der Waals surface area contributed by atoms with E-state index in [9.17, 15) is 4.39 Å². The molecule has 0 saturated heterocycles. The van der Waals surface area contributed by atoms with Crippen LogP contribution in [0.4, 0.5) is 10.3 Å². The van der Waals surface area contributed by atoms with Gasteiger partial charge in [0.15, 0.2) is 0 Å². The van der Waals surface area contributed by atoms with Crippen LogP contribution in [0.15, 0.2) is 30.5 Å². The number of aromatic nitrogens is 2. The van der Waals surface area contributed by atoms with Gasteiger partial charge in [-0.05, 0) is 24.6 Å². The van der Waals surface area contributed by atoms with Gasteiger partial charge in [0.1, 0.15) is 5.82 Å². The SMILES string of the molecule is Cc1cnc(NCc2cccc(F)c2)[nH]1. The normalized spacial score (nSPS) is 10.3. The molecule has 0 spiro atoms. The number of anilines is 1. The Labute approximate surface area is 87.4 Å². The molecule has 1 heterocycles. The zero-order valence-electron chi connectivity index (χ0n) is 8.42. The largest absolute Gasteiger partial charge is 0.352 e. The summed E-state index contributed by atoms with van der Waals surface area (Å²) in [5, 5.41) is 3.08. The molecule has 0 fully saturated rings. The minimum absolute atomic E-state index is 0.218. The third-order valence-corrected chi connectivity index (χ3v) is 2.05. The number of aryl methyl sites for hydroxylation is 1. The number of nitrogens with zero attached hydrogens (tertiary/aromatic N) is 1. The van der Waals surface area contributed by atoms with Crippen molar-refractivity contribution in [3.05, 3.63) is 47.5 Å². The Morgan fingerprint density at radius 3 is 3.00 bits per heavy atom. The van der Waals surface area contributed by atoms with Crippen molar-refractivity contribution < 1.29 is 4.39 Å². The minimum Gasteiger partial charge on any atom is -0.352 e. The Morgan fingerprint density at radius 2 is 2.33 bits per heavy atom. The van der Waals surface area contributed by atoms with Crippen LogP contribution in [0.25, 0.3) is 0 Å². The fourth-order valence-electron chi connectivity index (χ4n) is 1.34. The molecular weight excluding hydrogens is 193 g/mol. The number of halogens is 1. The molecule has 0 atom stereocenters. The van der Waals surface area contributed by atoms with Crippen molar-refractivity contribution in [2.75, 3.05) is 5.32 Å². The maximum atomic E-state index is 12.8. The van der Waals surface area contributed by atoms with Gasteiger partial charge >= 0.3 is 0 Å². The molecule has 0 amide bonds. The highest BCUT2D eigenvalue weighted by molar-refractivity contribution is 5.28. The van der Waals surface area contributed by atoms with Crippen LogP contribution in [-0.2, 0) is 6.54 Å². The van der Waals surface area contributed by atoms with Crippen LogP contribution in [0, 0.1) is 12.7 Å². The predicted molar refractivity (Wildman–Crippen MR) is 57.1 cm³/mol. The number of imidazole rings is 1. The number of hydrogen-bond acceptors (Lipinski definition) is 2. The van der Waals surface area contributed by atoms with E-state index in [-0.39, 0.29) is 5.82 Å². The van der Waals surface area contributed by atoms with Crippen molar-refractivity contribution in [1.82, 2.24) is 9.97 Å². The van der Waals surface area contributed by atoms with Gasteiger partial charge in [-0.3, -0.25) is 0 Å². The smallest absolute Gasteiger partial charge is 0.200 e. The zero-order valence-corrected chi connectivity index (χ0v) is 8.42. The van der Waals surface area contributed by atoms with Crippen LogP contribution < -0.4 is 5.32 Å². The highest BCUT2D eigenvalue weighted by atomic mass is 19.1. The Morgan fingerprint density at radius 1 is 1.47 bits per heavy atom. The lowest BCUT2D eigenvalue weighted by molar-refractivity contribution is 0.626. The first-order chi connectivity index (χ1) is 7.24. The molecule has 1 aromatic carbocycles. The van der Waals surface area contributed by atoms with E-state index in [0.717, 1.165) is 11.3 Å². The van der Waals surface area contributed by atoms with Crippen molar-refractivity contribution in [2.45, 2.75) is 13.5 Å². The van der Waals surface area contributed by atoms with E-state index in [1.54, 1.807) is 12.3 Å². The van der Waals surface area contributed by atoms with Gasteiger partial charge in [0, 0.05) is 18.4 Å². The molecule has 0 aliphatic carbocycles. The van der Waals surface area contributed by atoms with Crippen LogP contribution in [0.3, 0.4) is 0 Å². The molecule has 2 aromatic rings. The molecule has 0 saturated carbocycles. The van der Waals surface area contributed by atoms with Gasteiger partial charge < -0.3 is 10.3 Å². The van der Waals surface area contributed by atoms with Gasteiger partial charge in [-0.2, -0.15) is 0 Å². The van der Waals surface area contributed by atoms with Gasteiger partial charge in [-0.25, -0.2) is 9.37 Å². The molecule has 0 unspecified atom stereocenters. The first-order valence-corrected chi connectivity index (χ1v) is 4.74. The topological polar surface area (TPSA) is 40.7 Å². The third-order valence-electron chi connectivity index (χ3n) is 2.05. The Bertz CT molecular complexity index is 451. The van der Waals surface area contributed by atoms with Crippen LogP contribution in [0.2, 0.25) is 0 Å². The molecule has 0 aliphatic rings. The van der Waals surface area contributed by atoms with Gasteiger partial charge in [0.05, 0.1) is 0 Å². The standard InChI is InChI=1S/C11H12FN3/c1-8-6-13-11(15-8)14-7-9-3-2-4-10(12)5-9/h2-6H,7H2,1H3,(H2,13,14,15). The molecule has 0 radical (unpaired) electrons. The van der Waals surface area contributed by atoms with Gasteiger partial charge in [-0.1, -0.05) is 12.1 Å². The van der Waals surface area contributed by atoms with Crippen molar-refractivity contribution in [3.63, 3.8) is 0 Å². The average Bonchev–Trinajstić information content (AvgIpc) is 2.62. The fraction of sp³-hybridized carbons (Fsp3) is 0.182. The summed E-state index contributed by atoms with van der Waals surface area (Å²) in [5.41, 5.74) is 1.89. The summed E-state index contributed by atoms with van der Waals surface area (Å²) in [5.74, 6) is 0.488. The Balaban J connectivity index is 1.99. The highest BCUT2D eigenvalue weighted by Gasteiger charge is 1.98. The van der Waals surface area contributed by atoms with E-state index in [4.69, 9.17) is 0 Å². The summed E-state index contributed by atoms with van der Waals surface area (Å²) in [6, 6.07) is 6.49. The van der Waals surface area contributed by atoms with Gasteiger partial charge in [-0.15, -0.1) is 0 Å². The van der Waals surface area contributed by atoms with E-state index in [2.05, 4.69) is 15.3 Å². The van der Waals surface area contributed by atoms with Crippen molar-refractivity contribution in [2.24, 2.45) is 0 Å². The molecule has 2 rings (SSSR count). The Hall–Kier alpha value is -1.84. The fourth-order valence-corrected chi connectivity index (χ4v) is 1.34. The van der Waals surface area contributed by atoms with Gasteiger partial charge in [0.2, 0.25) is 5.95 Å². The molecule has 78 valence electrons. The van der Waals surface area contributed by atoms with E-state index >= 15 is 0 Å². The summed E-state index contributed by atoms with van der Waals surface area (Å²) in [6.07, 6.45) is 1.74. The predicted octanol–water partition coefficient (Wildman–Crippen LogP) is 2.47. The lowest BCUT2D eigenvalue weighted by atomic mass is 10.2. The van der Waals surface area contributed by atoms with E-state index < -0.39 is 0 Å². The molecule has 15 heavy (non-hydrogen) atoms. The van der Waals surface area contributed by atoms with Crippen LogP contribution in [-0.4, -0.2) is 9.97 Å². The molecule has 4 heteroatoms. The summed E-state index contributed by atoms with van der Waals surface area (Å²) in [6.45, 7) is 2.49. The van der Waals surface area contributed by atoms with Crippen molar-refractivity contribution in [3.8, 4) is 0 Å². The number of nitrogens with one attached hydrogen (secondary N) is 2. The third kappa shape index (κ3) is 2.56. The van der Waals surface area contributed by atoms with E-state index in [1.165, 1.54) is 12.1 Å². The van der Waals surface area contributed by atoms with Crippen LogP contribution >= 0.6 is 0 Å². The summed E-state index contributed by atoms with van der Waals surface area (Å²) in [7, 11) is 0. The summed E-state index contributed by atoms with van der Waals surface area (Å²) < 4.78 is 12.8. The summed E-state index contributed by atoms with van der Waals surface area (Å²) >= 11 is 0. The maximum Gasteiger partial charge on any atom is 0.200 e. The molecule has 2 N–H and O–H groups in total. The second-order valence-electron chi connectivity index (χ2n) is 3.40. The molecule has 0 aliphatic heterocycles. The quantitative estimate of drug-likeness (QED) is 0.808. The van der Waals surface area contributed by atoms with Gasteiger partial charge in [0.25, 0.3) is 0 Å². The number of hydrogen-bond donors (Lipinski definition) is 2. The second-order valence-corrected chi connectivity index (χ2v) is 3.40. The van der Waals surface area contributed by atoms with Crippen molar-refractivity contribution >= 4 is 5.95 Å². The number of H-pyrrole nitrogens is 1. The lowest BCUT2D eigenvalue weighted by Gasteiger charge is -2.02. The second kappa shape index (κ2) is 4.13. The monoisotopic (exact) mass is 205 g/mol. The van der Waals surface area contributed by atoms with E-state index in [0.29, 0.717) is 12.5 Å². The first-order valence-electron chi connectivity index (χ1n) is 4.74. The van der Waals surface area contributed by atoms with Crippen molar-refractivity contribution in [1.29, 1.82) is 0 Å². The zero-order chi connectivity index (χ0) is 10.7. The molecule has 3 nitrogen and oxygen atoms in total. The maximum absolute atomic E-state index is 12.8. The molecular formula is C11H12FN3. The summed E-state index contributed by atoms with van der Waals surface area (Å²) in [4.78, 5) is 7.14. The van der Waals surface area contributed by atoms with Crippen LogP contribution in [0.1, 0.15) is 11.3 Å². The van der Waals surface area contributed by atoms with Crippen LogP contribution in [0.5, 0.6) is 0 Å². The first kappa shape index (κ1) is 9.71. The minimum atomic E-state index is -0.218. The number of benzene rings is 1. The molecule has 1 aromatic heterocycles. The lowest BCUT2D eigenvalue weighted by Crippen LogP contribution is -2.01. The number of rotatable bonds is 3. The highest BCUT2D eigenvalue weighted by Crippen LogP contribution is 2.06.